The van der Waals surface area contributed by atoms with Crippen molar-refractivity contribution in [2.75, 3.05) is 26.2 Å². The molecule has 5 heteroatoms. The summed E-state index contributed by atoms with van der Waals surface area (Å²) in [5, 5.41) is 0. The SMILES string of the molecule is CCCCCCCC[N+](CCCCCCCC)(CCCCCCCC)CCCCCCCC.O=S(=O)([O-])c1ccccc1. The third-order valence-electron chi connectivity index (χ3n) is 8.98. The van der Waals surface area contributed by atoms with Crippen molar-refractivity contribution >= 4 is 10.1 Å². The summed E-state index contributed by atoms with van der Waals surface area (Å²) in [7, 11) is -4.25. The van der Waals surface area contributed by atoms with Crippen LogP contribution in [-0.4, -0.2) is 43.6 Å². The fourth-order valence-corrected chi connectivity index (χ4v) is 6.66. The van der Waals surface area contributed by atoms with Crippen LogP contribution in [0.1, 0.15) is 182 Å². The van der Waals surface area contributed by atoms with Gasteiger partial charge in [-0.25, -0.2) is 8.42 Å². The zero-order valence-corrected chi connectivity index (χ0v) is 30.1. The largest absolute Gasteiger partial charge is 0.744 e. The van der Waals surface area contributed by atoms with E-state index in [1.54, 1.807) is 6.07 Å². The lowest BCUT2D eigenvalue weighted by Gasteiger charge is -2.40. The second-order valence-corrected chi connectivity index (χ2v) is 14.5. The molecule has 0 aliphatic carbocycles. The fourth-order valence-electron chi connectivity index (χ4n) is 6.17. The first kappa shape index (κ1) is 42.1. The van der Waals surface area contributed by atoms with Crippen molar-refractivity contribution in [2.24, 2.45) is 0 Å². The molecule has 4 nitrogen and oxygen atoms in total. The van der Waals surface area contributed by atoms with Gasteiger partial charge in [-0.05, 0) is 63.5 Å². The van der Waals surface area contributed by atoms with E-state index in [-0.39, 0.29) is 4.90 Å². The van der Waals surface area contributed by atoms with E-state index in [0.717, 1.165) is 0 Å². The zero-order chi connectivity index (χ0) is 31.9. The second-order valence-electron chi connectivity index (χ2n) is 13.1. The minimum Gasteiger partial charge on any atom is -0.744 e. The maximum absolute atomic E-state index is 10.3. The molecule has 0 aliphatic rings. The van der Waals surface area contributed by atoms with Crippen LogP contribution in [0.3, 0.4) is 0 Å². The summed E-state index contributed by atoms with van der Waals surface area (Å²) in [5.41, 5.74) is 0. The number of quaternary nitrogens is 1. The number of hydrogen-bond acceptors (Lipinski definition) is 3. The highest BCUT2D eigenvalue weighted by Crippen LogP contribution is 2.21. The van der Waals surface area contributed by atoms with Crippen LogP contribution < -0.4 is 0 Å². The van der Waals surface area contributed by atoms with Crippen molar-refractivity contribution in [1.29, 1.82) is 0 Å². The molecule has 43 heavy (non-hydrogen) atoms. The molecular formula is C38H73NO3S. The monoisotopic (exact) mass is 624 g/mol. The van der Waals surface area contributed by atoms with Crippen LogP contribution >= 0.6 is 0 Å². The maximum Gasteiger partial charge on any atom is 0.124 e. The highest BCUT2D eigenvalue weighted by atomic mass is 32.2. The van der Waals surface area contributed by atoms with Gasteiger partial charge in [-0.3, -0.25) is 0 Å². The van der Waals surface area contributed by atoms with E-state index in [0.29, 0.717) is 0 Å². The third kappa shape index (κ3) is 26.1. The Hall–Kier alpha value is -0.910. The average Bonchev–Trinajstić information content (AvgIpc) is 3.00. The van der Waals surface area contributed by atoms with Gasteiger partial charge in [0.1, 0.15) is 10.1 Å². The molecule has 0 radical (unpaired) electrons. The molecule has 0 aliphatic heterocycles. The highest BCUT2D eigenvalue weighted by Gasteiger charge is 2.25. The molecular weight excluding hydrogens is 550 g/mol. The van der Waals surface area contributed by atoms with Gasteiger partial charge in [0.05, 0.1) is 31.1 Å². The van der Waals surface area contributed by atoms with Gasteiger partial charge >= 0.3 is 0 Å². The van der Waals surface area contributed by atoms with Crippen LogP contribution in [0.15, 0.2) is 35.2 Å². The number of benzene rings is 1. The van der Waals surface area contributed by atoms with Crippen LogP contribution in [0.4, 0.5) is 0 Å². The molecule has 1 rings (SSSR count). The van der Waals surface area contributed by atoms with Crippen LogP contribution in [0.5, 0.6) is 0 Å². The molecule has 0 fully saturated rings. The van der Waals surface area contributed by atoms with Crippen LogP contribution in [0.25, 0.3) is 0 Å². The van der Waals surface area contributed by atoms with Crippen LogP contribution in [0, 0.1) is 0 Å². The minimum absolute atomic E-state index is 0.185. The molecule has 254 valence electrons. The molecule has 0 atom stereocenters. The summed E-state index contributed by atoms with van der Waals surface area (Å²) in [4.78, 5) is -0.185. The van der Waals surface area contributed by atoms with Gasteiger partial charge in [-0.1, -0.05) is 149 Å². The Labute approximate surface area is 270 Å². The van der Waals surface area contributed by atoms with Crippen molar-refractivity contribution in [1.82, 2.24) is 0 Å². The van der Waals surface area contributed by atoms with Gasteiger partial charge in [-0.2, -0.15) is 0 Å². The summed E-state index contributed by atoms with van der Waals surface area (Å²) >= 11 is 0. The normalized spacial score (nSPS) is 11.8. The fraction of sp³-hybridized carbons (Fsp3) is 0.842. The van der Waals surface area contributed by atoms with E-state index in [2.05, 4.69) is 27.7 Å². The molecule has 0 unspecified atom stereocenters. The van der Waals surface area contributed by atoms with E-state index >= 15 is 0 Å². The predicted molar refractivity (Wildman–Crippen MR) is 188 cm³/mol. The zero-order valence-electron chi connectivity index (χ0n) is 29.3. The van der Waals surface area contributed by atoms with Gasteiger partial charge in [0.2, 0.25) is 0 Å². The second kappa shape index (κ2) is 29.8. The molecule has 0 amide bonds. The van der Waals surface area contributed by atoms with E-state index in [4.69, 9.17) is 0 Å². The summed E-state index contributed by atoms with van der Waals surface area (Å²) in [6, 6.07) is 7.19. The van der Waals surface area contributed by atoms with E-state index in [9.17, 15) is 13.0 Å². The number of rotatable bonds is 29. The Morgan fingerprint density at radius 2 is 0.698 bits per heavy atom. The van der Waals surface area contributed by atoms with E-state index in [1.165, 1.54) is 209 Å². The van der Waals surface area contributed by atoms with Gasteiger partial charge in [0, 0.05) is 0 Å². The molecule has 0 aromatic heterocycles. The molecule has 0 heterocycles. The lowest BCUT2D eigenvalue weighted by atomic mass is 10.0. The first-order valence-corrected chi connectivity index (χ1v) is 20.1. The van der Waals surface area contributed by atoms with Gasteiger partial charge in [0.15, 0.2) is 0 Å². The number of hydrogen-bond donors (Lipinski definition) is 0. The van der Waals surface area contributed by atoms with Gasteiger partial charge in [0.25, 0.3) is 0 Å². The summed E-state index contributed by atoms with van der Waals surface area (Å²) in [5.74, 6) is 0. The minimum atomic E-state index is -4.25. The van der Waals surface area contributed by atoms with Gasteiger partial charge < -0.3 is 9.04 Å². The first-order valence-electron chi connectivity index (χ1n) is 18.7. The predicted octanol–water partition coefficient (Wildman–Crippen LogP) is 11.8. The van der Waals surface area contributed by atoms with Crippen molar-refractivity contribution in [2.45, 2.75) is 187 Å². The first-order chi connectivity index (χ1) is 20.8. The quantitative estimate of drug-likeness (QED) is 0.0507. The van der Waals surface area contributed by atoms with Crippen molar-refractivity contribution in [3.8, 4) is 0 Å². The Balaban J connectivity index is 0.00000147. The Kier molecular flexibility index (Phi) is 29.2. The summed E-state index contributed by atoms with van der Waals surface area (Å²) in [6.45, 7) is 15.3. The molecule has 0 bridgehead atoms. The van der Waals surface area contributed by atoms with Crippen molar-refractivity contribution in [3.05, 3.63) is 30.3 Å². The smallest absolute Gasteiger partial charge is 0.124 e. The average molecular weight is 624 g/mol. The van der Waals surface area contributed by atoms with Crippen molar-refractivity contribution < 1.29 is 17.5 Å². The molecule has 0 saturated heterocycles. The Morgan fingerprint density at radius 3 is 0.930 bits per heavy atom. The van der Waals surface area contributed by atoms with Crippen LogP contribution in [0.2, 0.25) is 0 Å². The van der Waals surface area contributed by atoms with Gasteiger partial charge in [-0.15, -0.1) is 0 Å². The van der Waals surface area contributed by atoms with Crippen molar-refractivity contribution in [3.63, 3.8) is 0 Å². The summed E-state index contributed by atoms with van der Waals surface area (Å²) in [6.07, 6.45) is 34.8. The third-order valence-corrected chi connectivity index (χ3v) is 9.83. The molecule has 0 saturated carbocycles. The molecule has 0 spiro atoms. The van der Waals surface area contributed by atoms with E-state index in [1.807, 2.05) is 0 Å². The lowest BCUT2D eigenvalue weighted by Crippen LogP contribution is -2.50. The molecule has 1 aromatic rings. The Morgan fingerprint density at radius 1 is 0.442 bits per heavy atom. The number of unbranched alkanes of at least 4 members (excludes halogenated alkanes) is 20. The number of nitrogens with zero attached hydrogens (tertiary/aromatic N) is 1. The van der Waals surface area contributed by atoms with E-state index < -0.39 is 10.1 Å². The lowest BCUT2D eigenvalue weighted by molar-refractivity contribution is -0.929. The standard InChI is InChI=1S/C32H68N.C6H6O3S/c1-5-9-13-17-21-25-29-33(30-26-22-18-14-10-6-2,31-27-23-19-15-11-7-3)32-28-24-20-16-12-8-4;7-10(8,9)6-4-2-1-3-5-6/h5-32H2,1-4H3;1-5H,(H,7,8,9)/q+1;/p-1. The Bertz CT molecular complexity index is 727. The maximum atomic E-state index is 10.3. The topological polar surface area (TPSA) is 57.2 Å². The van der Waals surface area contributed by atoms with Crippen LogP contribution in [-0.2, 0) is 10.1 Å². The molecule has 1 aromatic carbocycles. The highest BCUT2D eigenvalue weighted by molar-refractivity contribution is 7.85. The molecule has 0 N–H and O–H groups in total. The summed E-state index contributed by atoms with van der Waals surface area (Å²) < 4.78 is 32.3.